The van der Waals surface area contributed by atoms with Crippen molar-refractivity contribution < 1.29 is 4.79 Å². The van der Waals surface area contributed by atoms with Crippen LogP contribution in [0.25, 0.3) is 11.3 Å². The van der Waals surface area contributed by atoms with E-state index in [4.69, 9.17) is 4.98 Å². The van der Waals surface area contributed by atoms with E-state index in [2.05, 4.69) is 62.3 Å². The van der Waals surface area contributed by atoms with E-state index in [0.29, 0.717) is 16.9 Å². The fourth-order valence-corrected chi connectivity index (χ4v) is 4.94. The molecule has 4 aromatic rings. The Hall–Kier alpha value is -4.23. The molecular weight excluding hydrogens is 522 g/mol. The SMILES string of the molecule is CCCN(CC)Cc1ccc(Nc2nc(-c3cccc(NC(=O)c4ccc(C(C)(C)C)cc4)c3C)cn(C)c2=O)cc1. The van der Waals surface area contributed by atoms with Gasteiger partial charge >= 0.3 is 0 Å². The molecule has 4 rings (SSSR count). The molecule has 0 radical (unpaired) electrons. The summed E-state index contributed by atoms with van der Waals surface area (Å²) >= 11 is 0. The van der Waals surface area contributed by atoms with Gasteiger partial charge in [0.1, 0.15) is 0 Å². The minimum atomic E-state index is -0.219. The number of amides is 1. The van der Waals surface area contributed by atoms with Gasteiger partial charge in [-0.2, -0.15) is 0 Å². The van der Waals surface area contributed by atoms with Crippen molar-refractivity contribution in [2.45, 2.75) is 59.9 Å². The number of carbonyl (C=O) groups is 1. The van der Waals surface area contributed by atoms with Crippen LogP contribution in [0.2, 0.25) is 0 Å². The molecule has 7 heteroatoms. The van der Waals surface area contributed by atoms with Crippen LogP contribution in [0.3, 0.4) is 0 Å². The van der Waals surface area contributed by atoms with Gasteiger partial charge in [-0.1, -0.05) is 71.0 Å². The molecule has 0 spiro atoms. The minimum absolute atomic E-state index is 0.0186. The van der Waals surface area contributed by atoms with Crippen molar-refractivity contribution in [1.82, 2.24) is 14.5 Å². The van der Waals surface area contributed by atoms with Crippen LogP contribution in [-0.2, 0) is 19.0 Å². The highest BCUT2D eigenvalue weighted by Gasteiger charge is 2.17. The van der Waals surface area contributed by atoms with E-state index in [1.165, 1.54) is 15.7 Å². The lowest BCUT2D eigenvalue weighted by atomic mass is 9.86. The Bertz CT molecular complexity index is 1580. The summed E-state index contributed by atoms with van der Waals surface area (Å²) in [5.74, 6) is 0.0726. The first-order chi connectivity index (χ1) is 20.0. The third-order valence-electron chi connectivity index (χ3n) is 7.55. The van der Waals surface area contributed by atoms with E-state index in [0.717, 1.165) is 42.9 Å². The second kappa shape index (κ2) is 13.2. The van der Waals surface area contributed by atoms with Gasteiger partial charge in [0.25, 0.3) is 11.5 Å². The van der Waals surface area contributed by atoms with Gasteiger partial charge in [-0.15, -0.1) is 0 Å². The number of nitrogens with one attached hydrogen (secondary N) is 2. The predicted octanol–water partition coefficient (Wildman–Crippen LogP) is 7.28. The number of rotatable bonds is 10. The molecule has 0 saturated heterocycles. The Morgan fingerprint density at radius 1 is 0.976 bits per heavy atom. The van der Waals surface area contributed by atoms with Crippen LogP contribution in [0, 0.1) is 6.92 Å². The predicted molar refractivity (Wildman–Crippen MR) is 174 cm³/mol. The Kier molecular flexibility index (Phi) is 9.63. The first kappa shape index (κ1) is 30.7. The number of carbonyl (C=O) groups excluding carboxylic acids is 1. The zero-order valence-electron chi connectivity index (χ0n) is 25.9. The lowest BCUT2D eigenvalue weighted by Gasteiger charge is -2.19. The number of nitrogens with zero attached hydrogens (tertiary/aromatic N) is 3. The van der Waals surface area contributed by atoms with Crippen molar-refractivity contribution in [1.29, 1.82) is 0 Å². The first-order valence-electron chi connectivity index (χ1n) is 14.7. The van der Waals surface area contributed by atoms with E-state index < -0.39 is 0 Å². The van der Waals surface area contributed by atoms with E-state index in [-0.39, 0.29) is 22.7 Å². The van der Waals surface area contributed by atoms with Gasteiger partial charge in [0, 0.05) is 42.3 Å². The zero-order valence-corrected chi connectivity index (χ0v) is 25.9. The summed E-state index contributed by atoms with van der Waals surface area (Å²) in [6, 6.07) is 21.6. The van der Waals surface area contributed by atoms with Gasteiger partial charge in [0.15, 0.2) is 5.82 Å². The third kappa shape index (κ3) is 7.34. The fraction of sp³-hybridized carbons (Fsp3) is 0.343. The van der Waals surface area contributed by atoms with Crippen LogP contribution in [0.15, 0.2) is 77.7 Å². The Morgan fingerprint density at radius 2 is 1.67 bits per heavy atom. The molecule has 42 heavy (non-hydrogen) atoms. The molecule has 0 aliphatic rings. The molecule has 1 heterocycles. The first-order valence-corrected chi connectivity index (χ1v) is 14.7. The normalized spacial score (nSPS) is 11.5. The zero-order chi connectivity index (χ0) is 30.4. The fourth-order valence-electron chi connectivity index (χ4n) is 4.94. The second-order valence-corrected chi connectivity index (χ2v) is 11.8. The third-order valence-corrected chi connectivity index (χ3v) is 7.55. The van der Waals surface area contributed by atoms with Crippen molar-refractivity contribution in [3.05, 3.63) is 106 Å². The molecular formula is C35H43N5O2. The van der Waals surface area contributed by atoms with Crippen LogP contribution in [0.5, 0.6) is 0 Å². The molecule has 0 unspecified atom stereocenters. The summed E-state index contributed by atoms with van der Waals surface area (Å²) in [5, 5.41) is 6.27. The average molecular weight is 566 g/mol. The average Bonchev–Trinajstić information content (AvgIpc) is 2.96. The van der Waals surface area contributed by atoms with Crippen LogP contribution in [0.1, 0.15) is 68.1 Å². The summed E-state index contributed by atoms with van der Waals surface area (Å²) in [7, 11) is 1.72. The molecule has 2 N–H and O–H groups in total. The van der Waals surface area contributed by atoms with E-state index in [1.54, 1.807) is 13.2 Å². The van der Waals surface area contributed by atoms with Gasteiger partial charge in [-0.05, 0) is 78.9 Å². The summed E-state index contributed by atoms with van der Waals surface area (Å²) in [5.41, 5.74) is 6.63. The number of hydrogen-bond donors (Lipinski definition) is 2. The van der Waals surface area contributed by atoms with Gasteiger partial charge < -0.3 is 15.2 Å². The lowest BCUT2D eigenvalue weighted by Crippen LogP contribution is -2.23. The molecule has 1 amide bonds. The molecule has 0 aliphatic heterocycles. The number of hydrogen-bond acceptors (Lipinski definition) is 5. The highest BCUT2D eigenvalue weighted by Crippen LogP contribution is 2.29. The molecule has 3 aromatic carbocycles. The lowest BCUT2D eigenvalue weighted by molar-refractivity contribution is 0.102. The quantitative estimate of drug-likeness (QED) is 0.211. The highest BCUT2D eigenvalue weighted by atomic mass is 16.1. The summed E-state index contributed by atoms with van der Waals surface area (Å²) in [6.07, 6.45) is 2.85. The van der Waals surface area contributed by atoms with Crippen LogP contribution < -0.4 is 16.2 Å². The maximum absolute atomic E-state index is 13.1. The van der Waals surface area contributed by atoms with Gasteiger partial charge in [0.05, 0.1) is 5.69 Å². The van der Waals surface area contributed by atoms with Crippen molar-refractivity contribution in [2.75, 3.05) is 23.7 Å². The standard InChI is InChI=1S/C35H43N5O2/c1-8-21-40(9-2)22-25-13-19-28(20-14-25)36-32-34(42)39(7)23-31(37-32)29-11-10-12-30(24(29)3)38-33(41)26-15-17-27(18-16-26)35(4,5)6/h10-20,23H,8-9,21-22H2,1-7H3,(H,36,37)(H,38,41). The summed E-state index contributed by atoms with van der Waals surface area (Å²) < 4.78 is 1.53. The molecule has 0 bridgehead atoms. The van der Waals surface area contributed by atoms with E-state index in [9.17, 15) is 9.59 Å². The molecule has 1 aromatic heterocycles. The van der Waals surface area contributed by atoms with Crippen LogP contribution in [-0.4, -0.2) is 33.4 Å². The number of aryl methyl sites for hydroxylation is 1. The maximum Gasteiger partial charge on any atom is 0.293 e. The summed E-state index contributed by atoms with van der Waals surface area (Å²) in [4.78, 5) is 33.2. The van der Waals surface area contributed by atoms with Gasteiger partial charge in [0.2, 0.25) is 0 Å². The van der Waals surface area contributed by atoms with Crippen LogP contribution >= 0.6 is 0 Å². The summed E-state index contributed by atoms with van der Waals surface area (Å²) in [6.45, 7) is 15.7. The molecule has 0 fully saturated rings. The topological polar surface area (TPSA) is 79.3 Å². The second-order valence-electron chi connectivity index (χ2n) is 11.8. The van der Waals surface area contributed by atoms with Crippen molar-refractivity contribution >= 4 is 23.1 Å². The molecule has 0 aliphatic carbocycles. The van der Waals surface area contributed by atoms with E-state index >= 15 is 0 Å². The molecule has 7 nitrogen and oxygen atoms in total. The van der Waals surface area contributed by atoms with Gasteiger partial charge in [-0.3, -0.25) is 14.5 Å². The molecule has 0 atom stereocenters. The number of anilines is 3. The molecule has 0 saturated carbocycles. The minimum Gasteiger partial charge on any atom is -0.336 e. The van der Waals surface area contributed by atoms with Crippen molar-refractivity contribution in [2.24, 2.45) is 7.05 Å². The Balaban J connectivity index is 1.55. The molecule has 220 valence electrons. The Morgan fingerprint density at radius 3 is 2.29 bits per heavy atom. The monoisotopic (exact) mass is 565 g/mol. The largest absolute Gasteiger partial charge is 0.336 e. The van der Waals surface area contributed by atoms with Crippen molar-refractivity contribution in [3.8, 4) is 11.3 Å². The van der Waals surface area contributed by atoms with E-state index in [1.807, 2.05) is 61.5 Å². The Labute approximate surface area is 249 Å². The number of aromatic nitrogens is 2. The highest BCUT2D eigenvalue weighted by molar-refractivity contribution is 6.05. The maximum atomic E-state index is 13.1. The van der Waals surface area contributed by atoms with Crippen LogP contribution in [0.4, 0.5) is 17.2 Å². The van der Waals surface area contributed by atoms with Crippen molar-refractivity contribution in [3.63, 3.8) is 0 Å². The smallest absolute Gasteiger partial charge is 0.293 e. The van der Waals surface area contributed by atoms with Gasteiger partial charge in [-0.25, -0.2) is 4.98 Å². The number of benzene rings is 3.